The fourth-order valence-electron chi connectivity index (χ4n) is 8.99. The third-order valence-corrected chi connectivity index (χ3v) is 10.3. The summed E-state index contributed by atoms with van der Waals surface area (Å²) in [5.74, 6) is 0.191. The van der Waals surface area contributed by atoms with Crippen molar-refractivity contribution in [2.75, 3.05) is 26.4 Å². The first-order valence-electron chi connectivity index (χ1n) is 15.6. The third kappa shape index (κ3) is 5.89. The lowest BCUT2D eigenvalue weighted by Crippen LogP contribution is -2.68. The van der Waals surface area contributed by atoms with Gasteiger partial charge in [-0.05, 0) is 83.5 Å². The van der Waals surface area contributed by atoms with E-state index >= 15 is 0 Å². The summed E-state index contributed by atoms with van der Waals surface area (Å²) in [5.41, 5.74) is -0.407. The Labute approximate surface area is 230 Å². The first kappa shape index (κ1) is 28.6. The lowest BCUT2D eigenvalue weighted by molar-refractivity contribution is -0.285. The Balaban J connectivity index is 1.23. The van der Waals surface area contributed by atoms with Crippen LogP contribution in [0.2, 0.25) is 0 Å². The molecule has 4 saturated carbocycles. The maximum absolute atomic E-state index is 12.7. The molecule has 4 atom stereocenters. The first-order valence-corrected chi connectivity index (χ1v) is 15.6. The van der Waals surface area contributed by atoms with Crippen LogP contribution in [0.15, 0.2) is 12.2 Å². The molecule has 6 aliphatic rings. The number of ether oxygens (including phenoxy) is 5. The zero-order valence-electron chi connectivity index (χ0n) is 24.4. The molecule has 0 spiro atoms. The van der Waals surface area contributed by atoms with Gasteiger partial charge in [0, 0.05) is 38.0 Å². The smallest absolute Gasteiger partial charge is 0.333 e. The summed E-state index contributed by atoms with van der Waals surface area (Å²) < 4.78 is 31.9. The van der Waals surface area contributed by atoms with Gasteiger partial charge >= 0.3 is 5.97 Å². The third-order valence-electron chi connectivity index (χ3n) is 10.3. The monoisotopic (exact) mass is 532 g/mol. The van der Waals surface area contributed by atoms with E-state index in [0.717, 1.165) is 116 Å². The zero-order valence-corrected chi connectivity index (χ0v) is 24.4. The highest BCUT2D eigenvalue weighted by Gasteiger charge is 2.66. The van der Waals surface area contributed by atoms with Crippen molar-refractivity contribution in [3.05, 3.63) is 12.2 Å². The lowest BCUT2D eigenvalue weighted by atomic mass is 9.50. The van der Waals surface area contributed by atoms with Gasteiger partial charge in [-0.15, -0.1) is 0 Å². The average molecular weight is 533 g/mol. The lowest BCUT2D eigenvalue weighted by Gasteiger charge is -2.64. The fourth-order valence-corrected chi connectivity index (χ4v) is 8.99. The number of hydrogen-bond donors (Lipinski definition) is 0. The molecule has 6 nitrogen and oxygen atoms in total. The minimum absolute atomic E-state index is 0.0848. The highest BCUT2D eigenvalue weighted by atomic mass is 16.6. The van der Waals surface area contributed by atoms with Crippen molar-refractivity contribution in [1.82, 2.24) is 0 Å². The quantitative estimate of drug-likeness (QED) is 0.123. The second-order valence-corrected chi connectivity index (χ2v) is 13.7. The Morgan fingerprint density at radius 1 is 0.789 bits per heavy atom. The number of hydrogen-bond acceptors (Lipinski definition) is 6. The molecule has 216 valence electrons. The highest BCUT2D eigenvalue weighted by Crippen LogP contribution is 2.63. The van der Waals surface area contributed by atoms with Gasteiger partial charge in [0.2, 0.25) is 0 Å². The number of carbonyl (C=O) groups is 1. The second-order valence-electron chi connectivity index (χ2n) is 13.7. The van der Waals surface area contributed by atoms with Crippen LogP contribution < -0.4 is 0 Å². The number of rotatable bonds is 16. The van der Waals surface area contributed by atoms with E-state index in [0.29, 0.717) is 11.5 Å². The summed E-state index contributed by atoms with van der Waals surface area (Å²) >= 11 is 0. The van der Waals surface area contributed by atoms with Crippen LogP contribution in [0, 0.1) is 5.92 Å². The Kier molecular flexibility index (Phi) is 8.38. The Morgan fingerprint density at radius 3 is 1.63 bits per heavy atom. The van der Waals surface area contributed by atoms with E-state index in [2.05, 4.69) is 20.4 Å². The molecule has 6 fully saturated rings. The van der Waals surface area contributed by atoms with Crippen molar-refractivity contribution in [2.24, 2.45) is 5.92 Å². The van der Waals surface area contributed by atoms with Crippen molar-refractivity contribution >= 4 is 5.97 Å². The molecule has 6 heteroatoms. The van der Waals surface area contributed by atoms with E-state index in [4.69, 9.17) is 23.7 Å². The normalized spacial score (nSPS) is 41.0. The van der Waals surface area contributed by atoms with Crippen LogP contribution in [0.1, 0.15) is 124 Å². The van der Waals surface area contributed by atoms with Gasteiger partial charge in [0.05, 0.1) is 35.6 Å². The molecule has 0 aromatic heterocycles. The predicted octanol–water partition coefficient (Wildman–Crippen LogP) is 6.83. The van der Waals surface area contributed by atoms with Gasteiger partial charge in [-0.3, -0.25) is 0 Å². The van der Waals surface area contributed by atoms with Crippen LogP contribution in [0.5, 0.6) is 0 Å². The van der Waals surface area contributed by atoms with E-state index in [1.165, 1.54) is 12.8 Å². The summed E-state index contributed by atoms with van der Waals surface area (Å²) in [7, 11) is 0. The summed E-state index contributed by atoms with van der Waals surface area (Å²) in [4.78, 5) is 12.7. The molecule has 0 aromatic rings. The first-order chi connectivity index (χ1) is 18.2. The van der Waals surface area contributed by atoms with Gasteiger partial charge in [-0.1, -0.05) is 33.3 Å². The fraction of sp³-hybridized carbons (Fsp3) is 0.906. The molecule has 0 aromatic carbocycles. The van der Waals surface area contributed by atoms with Crippen LogP contribution >= 0.6 is 0 Å². The van der Waals surface area contributed by atoms with Crippen molar-refractivity contribution in [3.8, 4) is 0 Å². The molecule has 38 heavy (non-hydrogen) atoms. The maximum Gasteiger partial charge on any atom is 0.333 e. The van der Waals surface area contributed by atoms with E-state index in [1.54, 1.807) is 6.92 Å². The molecule has 4 bridgehead atoms. The minimum atomic E-state index is -0.503. The number of carbonyl (C=O) groups excluding carboxylic acids is 1. The maximum atomic E-state index is 12.7. The van der Waals surface area contributed by atoms with Gasteiger partial charge < -0.3 is 23.7 Å². The van der Waals surface area contributed by atoms with E-state index < -0.39 is 5.60 Å². The van der Waals surface area contributed by atoms with Crippen molar-refractivity contribution in [2.45, 2.75) is 152 Å². The highest BCUT2D eigenvalue weighted by molar-refractivity contribution is 5.87. The molecule has 6 rings (SSSR count). The molecule has 0 amide bonds. The van der Waals surface area contributed by atoms with Gasteiger partial charge in [0.25, 0.3) is 0 Å². The molecule has 4 aliphatic carbocycles. The molecular weight excluding hydrogens is 480 g/mol. The SMILES string of the molecule is C=C(C)C(=O)OC12CC3CC(OCCCC4(CCC)CCO4)(CC(OCCCC4(CCC)CCO4)(C3)C1)C2. The topological polar surface area (TPSA) is 63.2 Å². The van der Waals surface area contributed by atoms with Gasteiger partial charge in [0.15, 0.2) is 0 Å². The van der Waals surface area contributed by atoms with Crippen LogP contribution in [0.25, 0.3) is 0 Å². The van der Waals surface area contributed by atoms with Crippen molar-refractivity contribution in [3.63, 3.8) is 0 Å². The van der Waals surface area contributed by atoms with Gasteiger partial charge in [0.1, 0.15) is 5.60 Å². The molecule has 2 saturated heterocycles. The van der Waals surface area contributed by atoms with Crippen LogP contribution in [-0.4, -0.2) is 60.4 Å². The molecule has 4 unspecified atom stereocenters. The van der Waals surface area contributed by atoms with Crippen LogP contribution in [0.3, 0.4) is 0 Å². The standard InChI is InChI=1S/C32H52O6/c1-5-9-28(13-17-36-28)11-7-15-34-30-19-26-20-31(22-30,24-32(21-26,23-30)38-27(33)25(3)4)35-16-8-12-29(10-6-2)14-18-37-29/h26H,3,5-24H2,1-2,4H3. The van der Waals surface area contributed by atoms with Crippen molar-refractivity contribution < 1.29 is 28.5 Å². The molecule has 0 N–H and O–H groups in total. The Morgan fingerprint density at radius 2 is 1.24 bits per heavy atom. The Bertz CT molecular complexity index is 810. The summed E-state index contributed by atoms with van der Waals surface area (Å²) in [5, 5.41) is 0. The molecular formula is C32H52O6. The molecule has 2 heterocycles. The second kappa shape index (κ2) is 11.1. The Hall–Kier alpha value is -0.950. The zero-order chi connectivity index (χ0) is 26.9. The summed E-state index contributed by atoms with van der Waals surface area (Å²) in [6, 6.07) is 0. The average Bonchev–Trinajstić information content (AvgIpc) is 2.79. The van der Waals surface area contributed by atoms with E-state index in [-0.39, 0.29) is 28.4 Å². The largest absolute Gasteiger partial charge is 0.455 e. The van der Waals surface area contributed by atoms with E-state index in [9.17, 15) is 4.79 Å². The summed E-state index contributed by atoms with van der Waals surface area (Å²) in [6.45, 7) is 13.3. The van der Waals surface area contributed by atoms with Gasteiger partial charge in [-0.2, -0.15) is 0 Å². The van der Waals surface area contributed by atoms with E-state index in [1.807, 2.05) is 0 Å². The van der Waals surface area contributed by atoms with Crippen LogP contribution in [0.4, 0.5) is 0 Å². The van der Waals surface area contributed by atoms with Crippen LogP contribution in [-0.2, 0) is 28.5 Å². The van der Waals surface area contributed by atoms with Crippen molar-refractivity contribution in [1.29, 1.82) is 0 Å². The molecule has 2 aliphatic heterocycles. The number of esters is 1. The minimum Gasteiger partial charge on any atom is -0.455 e. The summed E-state index contributed by atoms with van der Waals surface area (Å²) in [6.07, 6.45) is 16.6. The predicted molar refractivity (Wildman–Crippen MR) is 147 cm³/mol. The molecule has 0 radical (unpaired) electrons. The van der Waals surface area contributed by atoms with Gasteiger partial charge in [-0.25, -0.2) is 4.79 Å².